The molecule has 1 aliphatic carbocycles. The molecule has 1 aromatic carbocycles. The van der Waals surface area contributed by atoms with E-state index in [1.165, 1.54) is 23.9 Å². The van der Waals surface area contributed by atoms with Crippen LogP contribution in [0, 0.1) is 10.1 Å². The molecule has 0 aliphatic heterocycles. The number of hydrogen-bond donors (Lipinski definition) is 1. The van der Waals surface area contributed by atoms with Crippen LogP contribution >= 0.6 is 11.8 Å². The highest BCUT2D eigenvalue weighted by atomic mass is 32.2. The molecule has 1 N–H and O–H groups in total. The number of amides is 1. The number of hydrogen-bond acceptors (Lipinski definition) is 6. The van der Waals surface area contributed by atoms with Crippen LogP contribution in [0.1, 0.15) is 31.5 Å². The van der Waals surface area contributed by atoms with Gasteiger partial charge >= 0.3 is 0 Å². The molecule has 3 rings (SSSR count). The Bertz CT molecular complexity index is 847. The number of nitrogens with one attached hydrogen (secondary N) is 1. The van der Waals surface area contributed by atoms with Gasteiger partial charge in [-0.1, -0.05) is 30.0 Å². The summed E-state index contributed by atoms with van der Waals surface area (Å²) in [5.74, 6) is 1.04. The van der Waals surface area contributed by atoms with Crippen molar-refractivity contribution in [1.29, 1.82) is 0 Å². The summed E-state index contributed by atoms with van der Waals surface area (Å²) in [5, 5.41) is 22.3. The van der Waals surface area contributed by atoms with Crippen LogP contribution in [0.2, 0.25) is 0 Å². The standard InChI is InChI=1S/C17H19N5O3S/c1-3-10-21-15(12-8-9-12)19-20-17(21)26-11(2)16(23)18-13-6-4-5-7-14(13)22(24)25/h3-7,11-12H,1,8-10H2,2H3,(H,18,23)/t11-/m0/s1. The van der Waals surface area contributed by atoms with Crippen molar-refractivity contribution in [2.24, 2.45) is 0 Å². The lowest BCUT2D eigenvalue weighted by molar-refractivity contribution is -0.383. The van der Waals surface area contributed by atoms with Gasteiger partial charge in [0.25, 0.3) is 5.69 Å². The molecule has 2 aromatic rings. The molecule has 9 heteroatoms. The van der Waals surface area contributed by atoms with Crippen LogP contribution < -0.4 is 5.32 Å². The Labute approximate surface area is 154 Å². The van der Waals surface area contributed by atoms with E-state index in [4.69, 9.17) is 0 Å². The fourth-order valence-corrected chi connectivity index (χ4v) is 3.38. The Morgan fingerprint density at radius 1 is 1.50 bits per heavy atom. The predicted molar refractivity (Wildman–Crippen MR) is 99.2 cm³/mol. The van der Waals surface area contributed by atoms with Crippen molar-refractivity contribution in [3.8, 4) is 0 Å². The van der Waals surface area contributed by atoms with Crippen molar-refractivity contribution in [2.75, 3.05) is 5.32 Å². The third-order valence-electron chi connectivity index (χ3n) is 4.01. The lowest BCUT2D eigenvalue weighted by Gasteiger charge is -2.13. The molecule has 1 atom stereocenters. The van der Waals surface area contributed by atoms with Gasteiger partial charge in [-0.2, -0.15) is 0 Å². The molecular weight excluding hydrogens is 354 g/mol. The topological polar surface area (TPSA) is 103 Å². The summed E-state index contributed by atoms with van der Waals surface area (Å²) >= 11 is 1.28. The summed E-state index contributed by atoms with van der Waals surface area (Å²) in [6.45, 7) is 6.08. The highest BCUT2D eigenvalue weighted by Crippen LogP contribution is 2.40. The van der Waals surface area contributed by atoms with Gasteiger partial charge in [0.05, 0.1) is 10.2 Å². The second kappa shape index (κ2) is 7.69. The molecule has 0 spiro atoms. The Kier molecular flexibility index (Phi) is 5.36. The van der Waals surface area contributed by atoms with Gasteiger partial charge in [-0.25, -0.2) is 0 Å². The maximum atomic E-state index is 12.5. The Hall–Kier alpha value is -2.68. The number of rotatable bonds is 8. The van der Waals surface area contributed by atoms with Gasteiger partial charge in [-0.3, -0.25) is 14.9 Å². The van der Waals surface area contributed by atoms with Crippen molar-refractivity contribution in [3.63, 3.8) is 0 Å². The maximum Gasteiger partial charge on any atom is 0.292 e. The second-order valence-corrected chi connectivity index (χ2v) is 7.35. The summed E-state index contributed by atoms with van der Waals surface area (Å²) in [7, 11) is 0. The normalized spacial score (nSPS) is 14.7. The van der Waals surface area contributed by atoms with E-state index in [9.17, 15) is 14.9 Å². The lowest BCUT2D eigenvalue weighted by Crippen LogP contribution is -2.23. The van der Waals surface area contributed by atoms with Gasteiger partial charge in [0, 0.05) is 18.5 Å². The number of anilines is 1. The van der Waals surface area contributed by atoms with E-state index in [1.807, 2.05) is 4.57 Å². The first kappa shape index (κ1) is 18.1. The van der Waals surface area contributed by atoms with Crippen LogP contribution in [0.15, 0.2) is 42.1 Å². The van der Waals surface area contributed by atoms with Crippen LogP contribution in [0.4, 0.5) is 11.4 Å². The van der Waals surface area contributed by atoms with E-state index in [0.29, 0.717) is 17.6 Å². The van der Waals surface area contributed by atoms with E-state index in [0.717, 1.165) is 18.7 Å². The number of nitrogens with zero attached hydrogens (tertiary/aromatic N) is 4. The van der Waals surface area contributed by atoms with Crippen molar-refractivity contribution < 1.29 is 9.72 Å². The molecule has 1 aromatic heterocycles. The van der Waals surface area contributed by atoms with Gasteiger partial charge in [0.15, 0.2) is 5.16 Å². The van der Waals surface area contributed by atoms with E-state index in [2.05, 4.69) is 22.1 Å². The van der Waals surface area contributed by atoms with Crippen LogP contribution in [0.5, 0.6) is 0 Å². The third-order valence-corrected chi connectivity index (χ3v) is 5.09. The molecule has 1 fully saturated rings. The minimum atomic E-state index is -0.518. The predicted octanol–water partition coefficient (Wildman–Crippen LogP) is 3.37. The minimum Gasteiger partial charge on any atom is -0.319 e. The number of para-hydroxylation sites is 2. The molecule has 136 valence electrons. The first-order valence-electron chi connectivity index (χ1n) is 8.26. The molecule has 0 radical (unpaired) electrons. The summed E-state index contributed by atoms with van der Waals surface area (Å²) in [6.07, 6.45) is 3.98. The highest BCUT2D eigenvalue weighted by Gasteiger charge is 2.31. The summed E-state index contributed by atoms with van der Waals surface area (Å²) < 4.78 is 1.98. The van der Waals surface area contributed by atoms with Crippen molar-refractivity contribution in [2.45, 2.75) is 42.6 Å². The summed E-state index contributed by atoms with van der Waals surface area (Å²) in [5.41, 5.74) is 0.0464. The molecular formula is C17H19N5O3S. The first-order valence-corrected chi connectivity index (χ1v) is 9.14. The second-order valence-electron chi connectivity index (χ2n) is 6.04. The fraction of sp³-hybridized carbons (Fsp3) is 0.353. The molecule has 1 amide bonds. The highest BCUT2D eigenvalue weighted by molar-refractivity contribution is 8.00. The van der Waals surface area contributed by atoms with Crippen molar-refractivity contribution in [3.05, 3.63) is 52.9 Å². The number of thioether (sulfide) groups is 1. The van der Waals surface area contributed by atoms with Crippen LogP contribution in [0.25, 0.3) is 0 Å². The van der Waals surface area contributed by atoms with Gasteiger partial charge in [-0.05, 0) is 25.8 Å². The van der Waals surface area contributed by atoms with Crippen LogP contribution in [0.3, 0.4) is 0 Å². The molecule has 1 aliphatic rings. The number of nitro groups is 1. The molecule has 0 unspecified atom stereocenters. The lowest BCUT2D eigenvalue weighted by atomic mass is 10.2. The van der Waals surface area contributed by atoms with Crippen molar-refractivity contribution in [1.82, 2.24) is 14.8 Å². The van der Waals surface area contributed by atoms with E-state index in [-0.39, 0.29) is 17.3 Å². The van der Waals surface area contributed by atoms with Crippen LogP contribution in [-0.4, -0.2) is 30.8 Å². The monoisotopic (exact) mass is 373 g/mol. The molecule has 26 heavy (non-hydrogen) atoms. The smallest absolute Gasteiger partial charge is 0.292 e. The summed E-state index contributed by atoms with van der Waals surface area (Å²) in [4.78, 5) is 23.0. The first-order chi connectivity index (χ1) is 12.5. The SMILES string of the molecule is C=CCn1c(S[C@@H](C)C(=O)Nc2ccccc2[N+](=O)[O-])nnc1C1CC1. The zero-order chi connectivity index (χ0) is 18.7. The number of aromatic nitrogens is 3. The fourth-order valence-electron chi connectivity index (χ4n) is 2.52. The number of nitro benzene ring substituents is 1. The van der Waals surface area contributed by atoms with E-state index >= 15 is 0 Å². The van der Waals surface area contributed by atoms with E-state index in [1.54, 1.807) is 25.1 Å². The Balaban J connectivity index is 1.72. The van der Waals surface area contributed by atoms with E-state index < -0.39 is 10.2 Å². The Morgan fingerprint density at radius 2 is 2.23 bits per heavy atom. The number of benzene rings is 1. The average Bonchev–Trinajstić information content (AvgIpc) is 3.39. The minimum absolute atomic E-state index is 0.135. The molecule has 1 saturated carbocycles. The van der Waals surface area contributed by atoms with Crippen molar-refractivity contribution >= 4 is 29.0 Å². The molecule has 0 saturated heterocycles. The van der Waals surface area contributed by atoms with Gasteiger partial charge in [-0.15, -0.1) is 16.8 Å². The van der Waals surface area contributed by atoms with Gasteiger partial charge < -0.3 is 9.88 Å². The molecule has 8 nitrogen and oxygen atoms in total. The summed E-state index contributed by atoms with van der Waals surface area (Å²) in [6, 6.07) is 6.07. The van der Waals surface area contributed by atoms with Gasteiger partial charge in [0.2, 0.25) is 5.91 Å². The van der Waals surface area contributed by atoms with Gasteiger partial charge in [0.1, 0.15) is 11.5 Å². The third kappa shape index (κ3) is 3.93. The maximum absolute atomic E-state index is 12.5. The molecule has 0 bridgehead atoms. The Morgan fingerprint density at radius 3 is 2.88 bits per heavy atom. The zero-order valence-corrected chi connectivity index (χ0v) is 15.1. The largest absolute Gasteiger partial charge is 0.319 e. The number of allylic oxidation sites excluding steroid dienone is 1. The quantitative estimate of drug-likeness (QED) is 0.329. The average molecular weight is 373 g/mol. The zero-order valence-electron chi connectivity index (χ0n) is 14.3. The number of carbonyl (C=O) groups is 1. The van der Waals surface area contributed by atoms with Crippen LogP contribution in [-0.2, 0) is 11.3 Å². The molecule has 1 heterocycles. The number of carbonyl (C=O) groups excluding carboxylic acids is 1.